The van der Waals surface area contributed by atoms with Crippen LogP contribution in [0, 0.1) is 11.3 Å². The zero-order valence-electron chi connectivity index (χ0n) is 11.3. The van der Waals surface area contributed by atoms with Gasteiger partial charge in [-0.25, -0.2) is 0 Å². The van der Waals surface area contributed by atoms with Crippen LogP contribution in [0.1, 0.15) is 34.1 Å². The van der Waals surface area contributed by atoms with Gasteiger partial charge in [-0.1, -0.05) is 36.7 Å². The van der Waals surface area contributed by atoms with Gasteiger partial charge in [0.15, 0.2) is 5.92 Å². The van der Waals surface area contributed by atoms with Crippen LogP contribution in [0.15, 0.2) is 0 Å². The zero-order valence-corrected chi connectivity index (χ0v) is 12.9. The van der Waals surface area contributed by atoms with Gasteiger partial charge in [0.1, 0.15) is 0 Å². The zero-order chi connectivity index (χ0) is 13.9. The minimum absolute atomic E-state index is 0.0292. The van der Waals surface area contributed by atoms with E-state index in [9.17, 15) is 9.59 Å². The SMILES string of the molecule is COC(=O)C(C(=O)OC)C(C)(Br)CC(C)(C)C. The lowest BCUT2D eigenvalue weighted by Crippen LogP contribution is -2.43. The van der Waals surface area contributed by atoms with Crippen LogP contribution < -0.4 is 0 Å². The van der Waals surface area contributed by atoms with Crippen molar-refractivity contribution < 1.29 is 19.1 Å². The number of alkyl halides is 1. The molecule has 0 N–H and O–H groups in total. The summed E-state index contributed by atoms with van der Waals surface area (Å²) in [5.41, 5.74) is -0.0292. The van der Waals surface area contributed by atoms with Gasteiger partial charge in [0.25, 0.3) is 0 Å². The molecule has 0 amide bonds. The summed E-state index contributed by atoms with van der Waals surface area (Å²) in [7, 11) is 2.52. The Morgan fingerprint density at radius 1 is 1.06 bits per heavy atom. The van der Waals surface area contributed by atoms with E-state index in [1.54, 1.807) is 6.92 Å². The first kappa shape index (κ1) is 16.4. The van der Waals surface area contributed by atoms with Gasteiger partial charge < -0.3 is 9.47 Å². The van der Waals surface area contributed by atoms with Crippen molar-refractivity contribution in [2.24, 2.45) is 11.3 Å². The van der Waals surface area contributed by atoms with Crippen molar-refractivity contribution in [2.45, 2.75) is 38.4 Å². The van der Waals surface area contributed by atoms with Gasteiger partial charge in [-0.15, -0.1) is 0 Å². The van der Waals surface area contributed by atoms with E-state index in [4.69, 9.17) is 0 Å². The van der Waals surface area contributed by atoms with Gasteiger partial charge in [-0.05, 0) is 18.8 Å². The lowest BCUT2D eigenvalue weighted by molar-refractivity contribution is -0.160. The second kappa shape index (κ2) is 5.85. The molecule has 100 valence electrons. The topological polar surface area (TPSA) is 52.6 Å². The molecule has 0 aromatic heterocycles. The van der Waals surface area contributed by atoms with Crippen LogP contribution in [0.2, 0.25) is 0 Å². The predicted octanol–water partition coefficient (Wildman–Crippen LogP) is 2.54. The van der Waals surface area contributed by atoms with E-state index < -0.39 is 22.2 Å². The molecule has 1 unspecified atom stereocenters. The fourth-order valence-electron chi connectivity index (χ4n) is 1.96. The van der Waals surface area contributed by atoms with Crippen molar-refractivity contribution in [3.05, 3.63) is 0 Å². The number of carbonyl (C=O) groups is 2. The molecule has 5 heteroatoms. The standard InChI is InChI=1S/C12H21BrO4/c1-11(2,3)7-12(4,13)8(9(14)16-5)10(15)17-6/h8H,7H2,1-6H3. The Morgan fingerprint density at radius 3 is 1.65 bits per heavy atom. The van der Waals surface area contributed by atoms with Crippen LogP contribution in [-0.2, 0) is 19.1 Å². The summed E-state index contributed by atoms with van der Waals surface area (Å²) in [6.07, 6.45) is 0.634. The highest BCUT2D eigenvalue weighted by Crippen LogP contribution is 2.40. The molecule has 0 bridgehead atoms. The highest BCUT2D eigenvalue weighted by atomic mass is 79.9. The van der Waals surface area contributed by atoms with Crippen LogP contribution in [-0.4, -0.2) is 30.5 Å². The molecule has 17 heavy (non-hydrogen) atoms. The summed E-state index contributed by atoms with van der Waals surface area (Å²) in [4.78, 5) is 23.4. The smallest absolute Gasteiger partial charge is 0.321 e. The van der Waals surface area contributed by atoms with E-state index in [2.05, 4.69) is 25.4 Å². The predicted molar refractivity (Wildman–Crippen MR) is 68.9 cm³/mol. The van der Waals surface area contributed by atoms with E-state index in [1.807, 2.05) is 20.8 Å². The Bertz CT molecular complexity index is 275. The third-order valence-electron chi connectivity index (χ3n) is 2.35. The maximum absolute atomic E-state index is 11.7. The number of halogens is 1. The molecule has 0 aromatic rings. The Balaban J connectivity index is 5.16. The molecule has 0 radical (unpaired) electrons. The number of ether oxygens (including phenoxy) is 2. The first-order valence-corrected chi connectivity index (χ1v) is 6.19. The molecule has 4 nitrogen and oxygen atoms in total. The fraction of sp³-hybridized carbons (Fsp3) is 0.833. The molecule has 0 rings (SSSR count). The molecule has 0 fully saturated rings. The van der Waals surface area contributed by atoms with Crippen molar-refractivity contribution in [1.29, 1.82) is 0 Å². The second-order valence-corrected chi connectivity index (χ2v) is 7.31. The monoisotopic (exact) mass is 308 g/mol. The Morgan fingerprint density at radius 2 is 1.41 bits per heavy atom. The highest BCUT2D eigenvalue weighted by molar-refractivity contribution is 9.10. The molecular formula is C12H21BrO4. The van der Waals surface area contributed by atoms with Gasteiger partial charge in [-0.3, -0.25) is 9.59 Å². The van der Waals surface area contributed by atoms with Crippen molar-refractivity contribution in [3.8, 4) is 0 Å². The number of hydrogen-bond donors (Lipinski definition) is 0. The van der Waals surface area contributed by atoms with Gasteiger partial charge >= 0.3 is 11.9 Å². The molecule has 0 aromatic carbocycles. The fourth-order valence-corrected chi connectivity index (χ4v) is 3.18. The average Bonchev–Trinajstić information content (AvgIpc) is 2.12. The lowest BCUT2D eigenvalue weighted by atomic mass is 9.79. The maximum atomic E-state index is 11.7. The molecule has 0 saturated heterocycles. The van der Waals surface area contributed by atoms with Crippen molar-refractivity contribution in [3.63, 3.8) is 0 Å². The van der Waals surface area contributed by atoms with Crippen molar-refractivity contribution in [1.82, 2.24) is 0 Å². The van der Waals surface area contributed by atoms with E-state index >= 15 is 0 Å². The molecule has 0 spiro atoms. The molecule has 0 heterocycles. The minimum atomic E-state index is -0.961. The van der Waals surface area contributed by atoms with E-state index in [-0.39, 0.29) is 5.41 Å². The Kier molecular flexibility index (Phi) is 5.65. The summed E-state index contributed by atoms with van der Waals surface area (Å²) in [6.45, 7) is 7.92. The Labute approximate surface area is 111 Å². The quantitative estimate of drug-likeness (QED) is 0.455. The maximum Gasteiger partial charge on any atom is 0.321 e. The second-order valence-electron chi connectivity index (χ2n) is 5.49. The number of methoxy groups -OCH3 is 2. The highest BCUT2D eigenvalue weighted by Gasteiger charge is 2.46. The molecule has 0 saturated carbocycles. The number of esters is 2. The van der Waals surface area contributed by atoms with Crippen LogP contribution in [0.5, 0.6) is 0 Å². The molecule has 0 aliphatic carbocycles. The van der Waals surface area contributed by atoms with Crippen molar-refractivity contribution >= 4 is 27.9 Å². The van der Waals surface area contributed by atoms with Crippen LogP contribution in [0.25, 0.3) is 0 Å². The molecule has 0 aliphatic heterocycles. The van der Waals surface area contributed by atoms with E-state index in [1.165, 1.54) is 14.2 Å². The van der Waals surface area contributed by atoms with Gasteiger partial charge in [0.2, 0.25) is 0 Å². The molecule has 0 aliphatic rings. The summed E-state index contributed by atoms with van der Waals surface area (Å²) in [5.74, 6) is -2.13. The largest absolute Gasteiger partial charge is 0.468 e. The number of hydrogen-bond acceptors (Lipinski definition) is 4. The first-order chi connectivity index (χ1) is 7.55. The third kappa shape index (κ3) is 5.06. The third-order valence-corrected chi connectivity index (χ3v) is 3.09. The summed E-state index contributed by atoms with van der Waals surface area (Å²) < 4.78 is 8.64. The van der Waals surface area contributed by atoms with Crippen LogP contribution >= 0.6 is 15.9 Å². The van der Waals surface area contributed by atoms with Crippen molar-refractivity contribution in [2.75, 3.05) is 14.2 Å². The average molecular weight is 309 g/mol. The Hall–Kier alpha value is -0.580. The van der Waals surface area contributed by atoms with E-state index in [0.717, 1.165) is 0 Å². The minimum Gasteiger partial charge on any atom is -0.468 e. The van der Waals surface area contributed by atoms with Crippen LogP contribution in [0.3, 0.4) is 0 Å². The van der Waals surface area contributed by atoms with Crippen LogP contribution in [0.4, 0.5) is 0 Å². The lowest BCUT2D eigenvalue weighted by Gasteiger charge is -2.34. The molecule has 1 atom stereocenters. The normalized spacial score (nSPS) is 15.3. The van der Waals surface area contributed by atoms with Gasteiger partial charge in [-0.2, -0.15) is 0 Å². The number of carbonyl (C=O) groups excluding carboxylic acids is 2. The molecular weight excluding hydrogens is 288 g/mol. The number of rotatable bonds is 4. The summed E-state index contributed by atoms with van der Waals surface area (Å²) in [5, 5.41) is 0. The van der Waals surface area contributed by atoms with E-state index in [0.29, 0.717) is 6.42 Å². The summed E-state index contributed by atoms with van der Waals surface area (Å²) in [6, 6.07) is 0. The summed E-state index contributed by atoms with van der Waals surface area (Å²) >= 11 is 3.47. The first-order valence-electron chi connectivity index (χ1n) is 5.40. The van der Waals surface area contributed by atoms with Gasteiger partial charge in [0.05, 0.1) is 14.2 Å². The van der Waals surface area contributed by atoms with Gasteiger partial charge in [0, 0.05) is 4.32 Å².